The first kappa shape index (κ1) is 9.06. The molecule has 0 fully saturated rings. The quantitative estimate of drug-likeness (QED) is 0.663. The number of rotatable bonds is 0. The molecule has 0 saturated carbocycles. The molecule has 3 nitrogen and oxygen atoms in total. The third kappa shape index (κ3) is 1.35. The van der Waals surface area contributed by atoms with Gasteiger partial charge in [0.05, 0.1) is 0 Å². The normalized spacial score (nSPS) is 14.0. The lowest BCUT2D eigenvalue weighted by atomic mass is 10.1. The smallest absolute Gasteiger partial charge is 0.317 e. The molecular weight excluding hydrogens is 176 g/mol. The van der Waals surface area contributed by atoms with E-state index in [1.165, 1.54) is 16.7 Å². The summed E-state index contributed by atoms with van der Waals surface area (Å²) in [6.45, 7) is 3.56. The molecule has 1 heterocycles. The van der Waals surface area contributed by atoms with E-state index in [2.05, 4.69) is 24.4 Å². The Morgan fingerprint density at radius 1 is 1.43 bits per heavy atom. The van der Waals surface area contributed by atoms with Gasteiger partial charge in [-0.3, -0.25) is 0 Å². The first-order valence-electron chi connectivity index (χ1n) is 4.76. The molecule has 0 unspecified atom stereocenters. The van der Waals surface area contributed by atoms with Gasteiger partial charge < -0.3 is 10.2 Å². The number of carbonyl (C=O) groups is 1. The lowest BCUT2D eigenvalue weighted by molar-refractivity contribution is 0.201. The van der Waals surface area contributed by atoms with Crippen LogP contribution < -0.4 is 5.32 Å². The minimum absolute atomic E-state index is 0.000556. The molecule has 1 N–H and O–H groups in total. The van der Waals surface area contributed by atoms with Crippen LogP contribution in [-0.4, -0.2) is 18.0 Å². The van der Waals surface area contributed by atoms with Crippen molar-refractivity contribution >= 4 is 6.03 Å². The standard InChI is InChI=1S/C11H14N2O/c1-8-4-3-5-9-6-13(7-10(8)9)11(14)12-2/h3-5H,6-7H2,1-2H3,(H,12,14). The minimum atomic E-state index is 0.000556. The minimum Gasteiger partial charge on any atom is -0.341 e. The van der Waals surface area contributed by atoms with Gasteiger partial charge >= 0.3 is 6.03 Å². The van der Waals surface area contributed by atoms with Crippen molar-refractivity contribution in [2.45, 2.75) is 20.0 Å². The highest BCUT2D eigenvalue weighted by Gasteiger charge is 2.23. The molecule has 0 saturated heterocycles. The molecule has 74 valence electrons. The third-order valence-electron chi connectivity index (χ3n) is 2.72. The number of benzene rings is 1. The van der Waals surface area contributed by atoms with Crippen LogP contribution in [0.1, 0.15) is 16.7 Å². The molecule has 0 bridgehead atoms. The molecule has 0 atom stereocenters. The first-order chi connectivity index (χ1) is 6.72. The van der Waals surface area contributed by atoms with Gasteiger partial charge in [-0.2, -0.15) is 0 Å². The number of amides is 2. The zero-order valence-electron chi connectivity index (χ0n) is 8.50. The summed E-state index contributed by atoms with van der Waals surface area (Å²) in [5.41, 5.74) is 3.85. The predicted molar refractivity (Wildman–Crippen MR) is 54.9 cm³/mol. The van der Waals surface area contributed by atoms with Crippen LogP contribution in [0, 0.1) is 6.92 Å². The molecule has 2 rings (SSSR count). The van der Waals surface area contributed by atoms with Crippen LogP contribution in [0.2, 0.25) is 0 Å². The Morgan fingerprint density at radius 2 is 2.21 bits per heavy atom. The van der Waals surface area contributed by atoms with E-state index < -0.39 is 0 Å². The summed E-state index contributed by atoms with van der Waals surface area (Å²) in [5.74, 6) is 0. The number of urea groups is 1. The third-order valence-corrected chi connectivity index (χ3v) is 2.72. The molecule has 3 heteroatoms. The summed E-state index contributed by atoms with van der Waals surface area (Å²) < 4.78 is 0. The van der Waals surface area contributed by atoms with Gasteiger partial charge in [0.25, 0.3) is 0 Å². The summed E-state index contributed by atoms with van der Waals surface area (Å²) in [6.07, 6.45) is 0. The number of nitrogens with zero attached hydrogens (tertiary/aromatic N) is 1. The Hall–Kier alpha value is -1.51. The first-order valence-corrected chi connectivity index (χ1v) is 4.76. The van der Waals surface area contributed by atoms with Crippen molar-refractivity contribution in [2.75, 3.05) is 7.05 Å². The van der Waals surface area contributed by atoms with Crippen LogP contribution in [0.15, 0.2) is 18.2 Å². The summed E-state index contributed by atoms with van der Waals surface area (Å²) in [4.78, 5) is 13.2. The van der Waals surface area contributed by atoms with Crippen molar-refractivity contribution in [1.29, 1.82) is 0 Å². The maximum Gasteiger partial charge on any atom is 0.317 e. The van der Waals surface area contributed by atoms with Gasteiger partial charge in [-0.05, 0) is 23.6 Å². The second-order valence-electron chi connectivity index (χ2n) is 3.62. The fraction of sp³-hybridized carbons (Fsp3) is 0.364. The van der Waals surface area contributed by atoms with Crippen LogP contribution in [0.3, 0.4) is 0 Å². The van der Waals surface area contributed by atoms with Gasteiger partial charge in [-0.1, -0.05) is 18.2 Å². The average Bonchev–Trinajstić information content (AvgIpc) is 2.62. The Morgan fingerprint density at radius 3 is 2.86 bits per heavy atom. The van der Waals surface area contributed by atoms with Gasteiger partial charge in [0.15, 0.2) is 0 Å². The lowest BCUT2D eigenvalue weighted by Gasteiger charge is -2.13. The second-order valence-corrected chi connectivity index (χ2v) is 3.62. The molecule has 1 aromatic rings. The molecule has 1 aromatic carbocycles. The molecule has 0 spiro atoms. The van der Waals surface area contributed by atoms with Crippen molar-refractivity contribution < 1.29 is 4.79 Å². The number of hydrogen-bond donors (Lipinski definition) is 1. The highest BCUT2D eigenvalue weighted by atomic mass is 16.2. The van der Waals surface area contributed by atoms with Crippen LogP contribution in [0.4, 0.5) is 4.79 Å². The molecule has 0 aliphatic carbocycles. The summed E-state index contributed by atoms with van der Waals surface area (Å²) in [6, 6.07) is 6.22. The Labute approximate surface area is 83.7 Å². The number of nitrogens with one attached hydrogen (secondary N) is 1. The number of fused-ring (bicyclic) bond motifs is 1. The van der Waals surface area contributed by atoms with Gasteiger partial charge in [0.2, 0.25) is 0 Å². The molecular formula is C11H14N2O. The maximum absolute atomic E-state index is 11.4. The topological polar surface area (TPSA) is 32.3 Å². The monoisotopic (exact) mass is 190 g/mol. The van der Waals surface area contributed by atoms with Crippen molar-refractivity contribution in [2.24, 2.45) is 0 Å². The van der Waals surface area contributed by atoms with Crippen molar-refractivity contribution in [1.82, 2.24) is 10.2 Å². The van der Waals surface area contributed by atoms with E-state index in [9.17, 15) is 4.79 Å². The Bertz CT molecular complexity index is 374. The molecule has 2 amide bonds. The van der Waals surface area contributed by atoms with E-state index in [0.717, 1.165) is 13.1 Å². The zero-order chi connectivity index (χ0) is 10.1. The van der Waals surface area contributed by atoms with E-state index >= 15 is 0 Å². The predicted octanol–water partition coefficient (Wildman–Crippen LogP) is 1.65. The summed E-state index contributed by atoms with van der Waals surface area (Å²) >= 11 is 0. The molecule has 1 aliphatic heterocycles. The highest BCUT2D eigenvalue weighted by Crippen LogP contribution is 2.25. The second kappa shape index (κ2) is 3.33. The van der Waals surface area contributed by atoms with Crippen LogP contribution in [0.5, 0.6) is 0 Å². The van der Waals surface area contributed by atoms with Gasteiger partial charge in [0.1, 0.15) is 0 Å². The summed E-state index contributed by atoms with van der Waals surface area (Å²) in [7, 11) is 1.66. The Kier molecular flexibility index (Phi) is 2.15. The SMILES string of the molecule is CNC(=O)N1Cc2cccc(C)c2C1. The van der Waals surface area contributed by atoms with Crippen molar-refractivity contribution in [3.8, 4) is 0 Å². The van der Waals surface area contributed by atoms with Crippen molar-refractivity contribution in [3.05, 3.63) is 34.9 Å². The molecule has 14 heavy (non-hydrogen) atoms. The number of carbonyl (C=O) groups excluding carboxylic acids is 1. The molecule has 1 aliphatic rings. The average molecular weight is 190 g/mol. The maximum atomic E-state index is 11.4. The van der Waals surface area contributed by atoms with Gasteiger partial charge in [-0.25, -0.2) is 4.79 Å². The van der Waals surface area contributed by atoms with Crippen LogP contribution in [-0.2, 0) is 13.1 Å². The fourth-order valence-corrected chi connectivity index (χ4v) is 1.89. The van der Waals surface area contributed by atoms with Gasteiger partial charge in [0, 0.05) is 20.1 Å². The lowest BCUT2D eigenvalue weighted by Crippen LogP contribution is -2.33. The summed E-state index contributed by atoms with van der Waals surface area (Å²) in [5, 5.41) is 2.65. The van der Waals surface area contributed by atoms with Gasteiger partial charge in [-0.15, -0.1) is 0 Å². The fourth-order valence-electron chi connectivity index (χ4n) is 1.89. The van der Waals surface area contributed by atoms with Crippen molar-refractivity contribution in [3.63, 3.8) is 0 Å². The Balaban J connectivity index is 2.26. The highest BCUT2D eigenvalue weighted by molar-refractivity contribution is 5.74. The van der Waals surface area contributed by atoms with E-state index in [-0.39, 0.29) is 6.03 Å². The number of hydrogen-bond acceptors (Lipinski definition) is 1. The number of aryl methyl sites for hydroxylation is 1. The van der Waals surface area contributed by atoms with Crippen LogP contribution >= 0.6 is 0 Å². The molecule has 0 aromatic heterocycles. The zero-order valence-corrected chi connectivity index (χ0v) is 8.50. The largest absolute Gasteiger partial charge is 0.341 e. The van der Waals surface area contributed by atoms with E-state index in [4.69, 9.17) is 0 Å². The van der Waals surface area contributed by atoms with Crippen LogP contribution in [0.25, 0.3) is 0 Å². The van der Waals surface area contributed by atoms with E-state index in [1.54, 1.807) is 7.05 Å². The molecule has 0 radical (unpaired) electrons. The van der Waals surface area contributed by atoms with E-state index in [0.29, 0.717) is 0 Å². The van der Waals surface area contributed by atoms with E-state index in [1.807, 2.05) is 11.0 Å².